The Morgan fingerprint density at radius 2 is 1.56 bits per heavy atom. The molecule has 0 aromatic carbocycles. The molecule has 0 saturated carbocycles. The van der Waals surface area contributed by atoms with Crippen LogP contribution in [0.3, 0.4) is 0 Å². The van der Waals surface area contributed by atoms with Crippen LogP contribution in [0.4, 0.5) is 0 Å². The van der Waals surface area contributed by atoms with Crippen molar-refractivity contribution in [3.8, 4) is 0 Å². The smallest absolute Gasteiger partial charge is 0.0252 e. The van der Waals surface area contributed by atoms with Crippen LogP contribution in [0.1, 0.15) is 46.5 Å². The van der Waals surface area contributed by atoms with Crippen molar-refractivity contribution in [1.82, 2.24) is 0 Å². The van der Waals surface area contributed by atoms with E-state index in [0.29, 0.717) is 4.32 Å². The first-order valence-corrected chi connectivity index (χ1v) is 4.66. The zero-order chi connectivity index (χ0) is 7.33. The molecule has 0 aromatic rings. The fraction of sp³-hybridized carbons (Fsp3) is 1.00. The quantitative estimate of drug-likeness (QED) is 0.596. The van der Waals surface area contributed by atoms with E-state index >= 15 is 0 Å². The summed E-state index contributed by atoms with van der Waals surface area (Å²) < 4.78 is 0.446. The van der Waals surface area contributed by atoms with Gasteiger partial charge in [0.05, 0.1) is 0 Å². The second kappa shape index (κ2) is 4.32. The third-order valence-corrected chi connectivity index (χ3v) is 3.48. The first kappa shape index (κ1) is 9.48. The number of halogens is 1. The van der Waals surface area contributed by atoms with Crippen LogP contribution < -0.4 is 0 Å². The fourth-order valence-electron chi connectivity index (χ4n) is 1.05. The molecule has 0 amide bonds. The monoisotopic (exact) mass is 192 g/mol. The van der Waals surface area contributed by atoms with Gasteiger partial charge in [-0.1, -0.05) is 43.1 Å². The number of hydrogen-bond acceptors (Lipinski definition) is 0. The molecule has 0 aliphatic carbocycles. The number of alkyl halides is 1. The SMILES string of the molecule is CCCC(Br)(CC)CC. The van der Waals surface area contributed by atoms with Crippen molar-refractivity contribution in [3.05, 3.63) is 0 Å². The van der Waals surface area contributed by atoms with E-state index in [2.05, 4.69) is 36.7 Å². The average Bonchev–Trinajstić information content (AvgIpc) is 1.89. The largest absolute Gasteiger partial charge is 0.0854 e. The Balaban J connectivity index is 3.62. The highest BCUT2D eigenvalue weighted by Crippen LogP contribution is 2.31. The van der Waals surface area contributed by atoms with E-state index in [0.717, 1.165) is 0 Å². The Labute approximate surface area is 67.2 Å². The molecule has 0 atom stereocenters. The lowest BCUT2D eigenvalue weighted by Crippen LogP contribution is -2.16. The first-order chi connectivity index (χ1) is 4.18. The minimum absolute atomic E-state index is 0.446. The summed E-state index contributed by atoms with van der Waals surface area (Å²) in [6.07, 6.45) is 5.08. The van der Waals surface area contributed by atoms with Gasteiger partial charge in [-0.2, -0.15) is 0 Å². The highest BCUT2D eigenvalue weighted by Gasteiger charge is 2.19. The third-order valence-electron chi connectivity index (χ3n) is 1.97. The minimum Gasteiger partial charge on any atom is -0.0854 e. The van der Waals surface area contributed by atoms with Gasteiger partial charge in [-0.05, 0) is 19.3 Å². The van der Waals surface area contributed by atoms with E-state index < -0.39 is 0 Å². The van der Waals surface area contributed by atoms with Crippen molar-refractivity contribution in [3.63, 3.8) is 0 Å². The summed E-state index contributed by atoms with van der Waals surface area (Å²) in [5.74, 6) is 0. The lowest BCUT2D eigenvalue weighted by molar-refractivity contribution is 0.513. The topological polar surface area (TPSA) is 0 Å². The molecule has 0 aliphatic heterocycles. The number of hydrogen-bond donors (Lipinski definition) is 0. The van der Waals surface area contributed by atoms with E-state index in [1.807, 2.05) is 0 Å². The third kappa shape index (κ3) is 3.24. The maximum absolute atomic E-state index is 3.74. The zero-order valence-corrected chi connectivity index (χ0v) is 8.29. The highest BCUT2D eigenvalue weighted by atomic mass is 79.9. The molecular weight excluding hydrogens is 176 g/mol. The number of rotatable bonds is 4. The summed E-state index contributed by atoms with van der Waals surface area (Å²) in [6.45, 7) is 6.73. The van der Waals surface area contributed by atoms with Crippen LogP contribution in [-0.2, 0) is 0 Å². The Morgan fingerprint density at radius 3 is 1.67 bits per heavy atom. The normalized spacial score (nSPS) is 12.0. The molecule has 0 rings (SSSR count). The van der Waals surface area contributed by atoms with Crippen LogP contribution >= 0.6 is 15.9 Å². The summed E-state index contributed by atoms with van der Waals surface area (Å²) >= 11 is 3.74. The van der Waals surface area contributed by atoms with Crippen molar-refractivity contribution in [1.29, 1.82) is 0 Å². The molecule has 0 aliphatic rings. The first-order valence-electron chi connectivity index (χ1n) is 3.87. The van der Waals surface area contributed by atoms with E-state index in [9.17, 15) is 0 Å². The lowest BCUT2D eigenvalue weighted by atomic mass is 9.98. The van der Waals surface area contributed by atoms with Crippen molar-refractivity contribution in [2.24, 2.45) is 0 Å². The van der Waals surface area contributed by atoms with Gasteiger partial charge < -0.3 is 0 Å². The molecule has 0 heterocycles. The van der Waals surface area contributed by atoms with Crippen LogP contribution in [0.25, 0.3) is 0 Å². The Kier molecular flexibility index (Phi) is 4.55. The van der Waals surface area contributed by atoms with E-state index in [-0.39, 0.29) is 0 Å². The van der Waals surface area contributed by atoms with Gasteiger partial charge in [0.1, 0.15) is 0 Å². The van der Waals surface area contributed by atoms with E-state index in [4.69, 9.17) is 0 Å². The minimum atomic E-state index is 0.446. The molecule has 0 nitrogen and oxygen atoms in total. The summed E-state index contributed by atoms with van der Waals surface area (Å²) in [7, 11) is 0. The molecule has 0 spiro atoms. The molecule has 9 heavy (non-hydrogen) atoms. The Hall–Kier alpha value is 0.480. The van der Waals surface area contributed by atoms with Gasteiger partial charge in [0, 0.05) is 4.32 Å². The molecule has 0 fully saturated rings. The van der Waals surface area contributed by atoms with Gasteiger partial charge in [-0.15, -0.1) is 0 Å². The Morgan fingerprint density at radius 1 is 1.11 bits per heavy atom. The fourth-order valence-corrected chi connectivity index (χ4v) is 1.45. The van der Waals surface area contributed by atoms with Crippen LogP contribution in [0.15, 0.2) is 0 Å². The van der Waals surface area contributed by atoms with Crippen molar-refractivity contribution in [2.75, 3.05) is 0 Å². The molecule has 0 aromatic heterocycles. The lowest BCUT2D eigenvalue weighted by Gasteiger charge is -2.23. The average molecular weight is 193 g/mol. The second-order valence-electron chi connectivity index (χ2n) is 2.61. The summed E-state index contributed by atoms with van der Waals surface area (Å²) in [4.78, 5) is 0. The van der Waals surface area contributed by atoms with Gasteiger partial charge in [-0.25, -0.2) is 0 Å². The maximum atomic E-state index is 3.74. The van der Waals surface area contributed by atoms with Crippen LogP contribution in [0.2, 0.25) is 0 Å². The van der Waals surface area contributed by atoms with Gasteiger partial charge >= 0.3 is 0 Å². The second-order valence-corrected chi connectivity index (χ2v) is 4.29. The van der Waals surface area contributed by atoms with Gasteiger partial charge in [0.25, 0.3) is 0 Å². The summed E-state index contributed by atoms with van der Waals surface area (Å²) in [6, 6.07) is 0. The molecule has 0 unspecified atom stereocenters. The molecule has 0 radical (unpaired) electrons. The summed E-state index contributed by atoms with van der Waals surface area (Å²) in [5, 5.41) is 0. The molecule has 0 bridgehead atoms. The van der Waals surface area contributed by atoms with Gasteiger partial charge in [0.15, 0.2) is 0 Å². The highest BCUT2D eigenvalue weighted by molar-refractivity contribution is 9.10. The van der Waals surface area contributed by atoms with Crippen molar-refractivity contribution in [2.45, 2.75) is 50.8 Å². The predicted octanol–water partition coefficient (Wildman–Crippen LogP) is 3.74. The summed E-state index contributed by atoms with van der Waals surface area (Å²) in [5.41, 5.74) is 0. The molecule has 1 heteroatoms. The van der Waals surface area contributed by atoms with E-state index in [1.54, 1.807) is 0 Å². The zero-order valence-electron chi connectivity index (χ0n) is 6.71. The molecule has 0 N–H and O–H groups in total. The Bertz CT molecular complexity index is 65.0. The molecular formula is C8H17Br. The van der Waals surface area contributed by atoms with Crippen LogP contribution in [-0.4, -0.2) is 4.32 Å². The van der Waals surface area contributed by atoms with E-state index in [1.165, 1.54) is 25.7 Å². The van der Waals surface area contributed by atoms with Crippen LogP contribution in [0.5, 0.6) is 0 Å². The van der Waals surface area contributed by atoms with Crippen LogP contribution in [0, 0.1) is 0 Å². The maximum Gasteiger partial charge on any atom is 0.0252 e. The van der Waals surface area contributed by atoms with Crippen molar-refractivity contribution < 1.29 is 0 Å². The van der Waals surface area contributed by atoms with Crippen molar-refractivity contribution >= 4 is 15.9 Å². The predicted molar refractivity (Wildman–Crippen MR) is 47.1 cm³/mol. The standard InChI is InChI=1S/C8H17Br/c1-4-7-8(9,5-2)6-3/h4-7H2,1-3H3. The van der Waals surface area contributed by atoms with Gasteiger partial charge in [0.2, 0.25) is 0 Å². The molecule has 0 saturated heterocycles. The van der Waals surface area contributed by atoms with Gasteiger partial charge in [-0.3, -0.25) is 0 Å². The molecule has 56 valence electrons.